The summed E-state index contributed by atoms with van der Waals surface area (Å²) in [5.74, 6) is 1.03. The number of likely N-dealkylation sites (tertiary alicyclic amines) is 1. The molecule has 3 aromatic rings. The molecule has 1 atom stereocenters. The molecule has 1 fully saturated rings. The van der Waals surface area contributed by atoms with Gasteiger partial charge in [0.1, 0.15) is 18.1 Å². The molecule has 0 aliphatic carbocycles. The second-order valence-corrected chi connectivity index (χ2v) is 6.62. The van der Waals surface area contributed by atoms with Gasteiger partial charge in [-0.25, -0.2) is 4.98 Å². The molecule has 116 valence electrons. The molecule has 0 radical (unpaired) electrons. The van der Waals surface area contributed by atoms with Crippen LogP contribution in [-0.4, -0.2) is 37.7 Å². The van der Waals surface area contributed by atoms with Crippen molar-refractivity contribution in [3.05, 3.63) is 35.4 Å². The van der Waals surface area contributed by atoms with E-state index in [1.165, 1.54) is 47.9 Å². The Hall–Kier alpha value is -1.86. The Morgan fingerprint density at radius 2 is 2.05 bits per heavy atom. The van der Waals surface area contributed by atoms with E-state index >= 15 is 0 Å². The molecular weight excluding hydrogens is 300 g/mol. The normalized spacial score (nSPS) is 18.5. The van der Waals surface area contributed by atoms with Crippen LogP contribution in [0.25, 0.3) is 4.96 Å². The molecule has 1 saturated heterocycles. The molecule has 0 bridgehead atoms. The number of nitrogens with zero attached hydrogens (tertiary/aromatic N) is 4. The van der Waals surface area contributed by atoms with Gasteiger partial charge in [0.2, 0.25) is 10.8 Å². The number of aromatic nitrogens is 3. The summed E-state index contributed by atoms with van der Waals surface area (Å²) in [7, 11) is 0. The molecule has 1 aliphatic rings. The molecule has 1 unspecified atom stereocenters. The van der Waals surface area contributed by atoms with Crippen molar-refractivity contribution in [1.29, 1.82) is 0 Å². The van der Waals surface area contributed by atoms with Crippen LogP contribution in [0.15, 0.2) is 29.1 Å². The van der Waals surface area contributed by atoms with E-state index in [-0.39, 0.29) is 11.9 Å². The number of rotatable bonds is 3. The highest BCUT2D eigenvalue weighted by Gasteiger charge is 2.31. The lowest BCUT2D eigenvalue weighted by atomic mass is 10.1. The fraction of sp³-hybridized carbons (Fsp3) is 0.467. The summed E-state index contributed by atoms with van der Waals surface area (Å²) in [6.45, 7) is 2.02. The van der Waals surface area contributed by atoms with E-state index in [1.807, 2.05) is 12.1 Å². The molecule has 4 heterocycles. The van der Waals surface area contributed by atoms with E-state index in [1.54, 1.807) is 6.26 Å². The molecule has 0 saturated carbocycles. The van der Waals surface area contributed by atoms with E-state index in [9.17, 15) is 5.11 Å². The monoisotopic (exact) mass is 318 g/mol. The first kappa shape index (κ1) is 13.8. The lowest BCUT2D eigenvalue weighted by molar-refractivity contribution is 0.209. The van der Waals surface area contributed by atoms with Crippen molar-refractivity contribution >= 4 is 16.3 Å². The van der Waals surface area contributed by atoms with Crippen molar-refractivity contribution in [2.75, 3.05) is 13.1 Å². The summed E-state index contributed by atoms with van der Waals surface area (Å²) in [5.41, 5.74) is 0. The van der Waals surface area contributed by atoms with Crippen molar-refractivity contribution in [3.63, 3.8) is 0 Å². The second kappa shape index (κ2) is 5.73. The largest absolute Gasteiger partial charge is 0.492 e. The lowest BCUT2D eigenvalue weighted by Crippen LogP contribution is -2.30. The van der Waals surface area contributed by atoms with Gasteiger partial charge in [-0.2, -0.15) is 9.61 Å². The molecule has 0 amide bonds. The Balaban J connectivity index is 1.79. The van der Waals surface area contributed by atoms with Gasteiger partial charge in [-0.15, -0.1) is 0 Å². The molecule has 4 rings (SSSR count). The molecule has 7 heteroatoms. The van der Waals surface area contributed by atoms with Crippen LogP contribution >= 0.6 is 11.3 Å². The van der Waals surface area contributed by atoms with Gasteiger partial charge in [-0.05, 0) is 38.1 Å². The number of furan rings is 1. The smallest absolute Gasteiger partial charge is 0.230 e. The summed E-state index contributed by atoms with van der Waals surface area (Å²) in [6.07, 6.45) is 8.04. The maximum Gasteiger partial charge on any atom is 0.230 e. The van der Waals surface area contributed by atoms with Gasteiger partial charge in [-0.1, -0.05) is 24.2 Å². The fourth-order valence-electron chi connectivity index (χ4n) is 3.15. The van der Waals surface area contributed by atoms with Crippen molar-refractivity contribution in [3.8, 4) is 5.88 Å². The summed E-state index contributed by atoms with van der Waals surface area (Å²) in [6, 6.07) is 3.81. The zero-order chi connectivity index (χ0) is 14.9. The summed E-state index contributed by atoms with van der Waals surface area (Å²) in [5, 5.41) is 14.6. The molecular formula is C15H18N4O2S. The zero-order valence-corrected chi connectivity index (χ0v) is 13.0. The van der Waals surface area contributed by atoms with Crippen LogP contribution in [0.4, 0.5) is 0 Å². The maximum atomic E-state index is 10.6. The third-order valence-electron chi connectivity index (χ3n) is 4.21. The maximum absolute atomic E-state index is 10.6. The van der Waals surface area contributed by atoms with E-state index < -0.39 is 0 Å². The van der Waals surface area contributed by atoms with E-state index in [0.717, 1.165) is 23.7 Å². The average Bonchev–Trinajstić information content (AvgIpc) is 3.19. The van der Waals surface area contributed by atoms with E-state index in [4.69, 9.17) is 4.42 Å². The first-order valence-electron chi connectivity index (χ1n) is 7.63. The second-order valence-electron chi connectivity index (χ2n) is 5.61. The Bertz CT molecular complexity index is 741. The molecule has 1 aliphatic heterocycles. The van der Waals surface area contributed by atoms with Crippen LogP contribution in [0.3, 0.4) is 0 Å². The van der Waals surface area contributed by atoms with Crippen LogP contribution < -0.4 is 0 Å². The molecule has 0 spiro atoms. The number of hydrogen-bond donors (Lipinski definition) is 1. The molecule has 6 nitrogen and oxygen atoms in total. The summed E-state index contributed by atoms with van der Waals surface area (Å²) >= 11 is 1.48. The minimum atomic E-state index is -0.0680. The molecule has 1 N–H and O–H groups in total. The van der Waals surface area contributed by atoms with Gasteiger partial charge in [0, 0.05) is 0 Å². The first-order valence-corrected chi connectivity index (χ1v) is 8.45. The number of fused-ring (bicyclic) bond motifs is 1. The first-order chi connectivity index (χ1) is 10.8. The predicted molar refractivity (Wildman–Crippen MR) is 83.1 cm³/mol. The van der Waals surface area contributed by atoms with Crippen LogP contribution in [0.2, 0.25) is 0 Å². The van der Waals surface area contributed by atoms with Crippen molar-refractivity contribution in [2.24, 2.45) is 0 Å². The standard InChI is InChI=1S/C15H18N4O2S/c20-14-13(22-15-16-10-17-19(14)15)12(11-6-5-9-21-11)18-7-3-1-2-4-8-18/h5-6,9-10,12,20H,1-4,7-8H2. The van der Waals surface area contributed by atoms with Gasteiger partial charge in [0.05, 0.1) is 11.1 Å². The lowest BCUT2D eigenvalue weighted by Gasteiger charge is -2.28. The van der Waals surface area contributed by atoms with Crippen molar-refractivity contribution < 1.29 is 9.52 Å². The Morgan fingerprint density at radius 1 is 1.23 bits per heavy atom. The highest BCUT2D eigenvalue weighted by molar-refractivity contribution is 7.17. The third kappa shape index (κ3) is 2.30. The number of aromatic hydroxyl groups is 1. The average molecular weight is 318 g/mol. The fourth-order valence-corrected chi connectivity index (χ4v) is 4.22. The van der Waals surface area contributed by atoms with Crippen LogP contribution in [0.5, 0.6) is 5.88 Å². The zero-order valence-electron chi connectivity index (χ0n) is 12.2. The highest BCUT2D eigenvalue weighted by Crippen LogP contribution is 2.40. The Kier molecular flexibility index (Phi) is 3.59. The quantitative estimate of drug-likeness (QED) is 0.804. The van der Waals surface area contributed by atoms with Crippen LogP contribution in [-0.2, 0) is 0 Å². The number of thiazole rings is 1. The van der Waals surface area contributed by atoms with Gasteiger partial charge in [0.15, 0.2) is 0 Å². The van der Waals surface area contributed by atoms with Gasteiger partial charge < -0.3 is 9.52 Å². The van der Waals surface area contributed by atoms with Crippen LogP contribution in [0.1, 0.15) is 42.4 Å². The Morgan fingerprint density at radius 3 is 2.73 bits per heavy atom. The third-order valence-corrected chi connectivity index (χ3v) is 5.29. The molecule has 0 aromatic carbocycles. The molecule has 3 aromatic heterocycles. The summed E-state index contributed by atoms with van der Waals surface area (Å²) < 4.78 is 7.17. The van der Waals surface area contributed by atoms with Crippen molar-refractivity contribution in [1.82, 2.24) is 19.5 Å². The van der Waals surface area contributed by atoms with Crippen molar-refractivity contribution in [2.45, 2.75) is 31.7 Å². The number of hydrogen-bond acceptors (Lipinski definition) is 6. The minimum Gasteiger partial charge on any atom is -0.492 e. The minimum absolute atomic E-state index is 0.0680. The van der Waals surface area contributed by atoms with Gasteiger partial charge >= 0.3 is 0 Å². The summed E-state index contributed by atoms with van der Waals surface area (Å²) in [4.78, 5) is 8.15. The topological polar surface area (TPSA) is 66.8 Å². The predicted octanol–water partition coefficient (Wildman–Crippen LogP) is 3.05. The van der Waals surface area contributed by atoms with E-state index in [0.29, 0.717) is 4.96 Å². The highest BCUT2D eigenvalue weighted by atomic mass is 32.1. The van der Waals surface area contributed by atoms with Gasteiger partial charge in [0.25, 0.3) is 0 Å². The molecule has 22 heavy (non-hydrogen) atoms. The Labute approximate surface area is 132 Å². The SMILES string of the molecule is Oc1c(C(c2ccco2)N2CCCCCC2)sc2ncnn12. The van der Waals surface area contributed by atoms with Gasteiger partial charge in [-0.3, -0.25) is 4.90 Å². The van der Waals surface area contributed by atoms with Crippen LogP contribution in [0, 0.1) is 0 Å². The van der Waals surface area contributed by atoms with E-state index in [2.05, 4.69) is 15.0 Å².